The molecule has 1 N–H and O–H groups in total. The summed E-state index contributed by atoms with van der Waals surface area (Å²) in [5.74, 6) is -1.18. The third-order valence-electron chi connectivity index (χ3n) is 6.46. The quantitative estimate of drug-likeness (QED) is 0.354. The van der Waals surface area contributed by atoms with E-state index in [2.05, 4.69) is 5.43 Å². The highest BCUT2D eigenvalue weighted by Gasteiger charge is 2.36. The van der Waals surface area contributed by atoms with Crippen molar-refractivity contribution in [3.8, 4) is 0 Å². The fraction of sp³-hybridized carbons (Fsp3) is 0.300. The van der Waals surface area contributed by atoms with E-state index in [1.54, 1.807) is 31.8 Å². The zero-order valence-electron chi connectivity index (χ0n) is 23.9. The molecule has 0 saturated carbocycles. The number of nitrogens with zero attached hydrogens (tertiary/aromatic N) is 2. The molecule has 0 bridgehead atoms. The normalized spacial score (nSPS) is 14.6. The number of para-hydroxylation sites is 1. The summed E-state index contributed by atoms with van der Waals surface area (Å²) in [6.07, 6.45) is -0.418. The maximum atomic E-state index is 14.0. The van der Waals surface area contributed by atoms with Crippen molar-refractivity contribution in [2.75, 3.05) is 12.1 Å². The second-order valence-electron chi connectivity index (χ2n) is 10.8. The van der Waals surface area contributed by atoms with Crippen molar-refractivity contribution >= 4 is 45.3 Å². The van der Waals surface area contributed by atoms with E-state index in [4.69, 9.17) is 21.1 Å². The number of ether oxygens (including phenoxy) is 2. The number of anilines is 1. The fourth-order valence-electron chi connectivity index (χ4n) is 4.51. The molecule has 222 valence electrons. The molecule has 10 nitrogen and oxygen atoms in total. The van der Waals surface area contributed by atoms with Crippen LogP contribution in [0.1, 0.15) is 59.5 Å². The van der Waals surface area contributed by atoms with E-state index < -0.39 is 45.0 Å². The molecule has 12 heteroatoms. The number of hydrogen-bond acceptors (Lipinski definition) is 8. The number of benzene rings is 3. The van der Waals surface area contributed by atoms with Crippen LogP contribution < -0.4 is 10.4 Å². The first-order valence-electron chi connectivity index (χ1n) is 13.1. The molecule has 0 aliphatic carbocycles. The molecule has 1 unspecified atom stereocenters. The van der Waals surface area contributed by atoms with Crippen LogP contribution in [0.5, 0.6) is 0 Å². The zero-order chi connectivity index (χ0) is 30.8. The number of carbonyl (C=O) groups excluding carboxylic acids is 3. The molecule has 0 saturated heterocycles. The lowest BCUT2D eigenvalue weighted by molar-refractivity contribution is 0.0381. The summed E-state index contributed by atoms with van der Waals surface area (Å²) < 4.78 is 38.7. The molecule has 0 radical (unpaired) electrons. The van der Waals surface area contributed by atoms with Crippen LogP contribution >= 0.6 is 11.6 Å². The standard InChI is InChI=1S/C30H32ClN3O7S/c1-19-15-21-10-6-7-12-25(21)34(19)32-27(35)22-13-14-24(31)26(17-22)42(38,39)33(29(37)41-30(2,3)4)18-20-9-8-11-23(16-20)28(36)40-5/h6-14,16-17,19H,15,18H2,1-5H3,(H,32,35). The molecular formula is C30H32ClN3O7S. The third-order valence-corrected chi connectivity index (χ3v) is 8.66. The van der Waals surface area contributed by atoms with Gasteiger partial charge >= 0.3 is 12.1 Å². The Morgan fingerprint density at radius 1 is 1.02 bits per heavy atom. The second-order valence-corrected chi connectivity index (χ2v) is 13.1. The molecule has 0 spiro atoms. The van der Waals surface area contributed by atoms with Crippen LogP contribution in [0.3, 0.4) is 0 Å². The van der Waals surface area contributed by atoms with Gasteiger partial charge in [0.2, 0.25) is 0 Å². The Hall–Kier alpha value is -4.09. The summed E-state index contributed by atoms with van der Waals surface area (Å²) in [4.78, 5) is 38.2. The second kappa shape index (κ2) is 12.0. The summed E-state index contributed by atoms with van der Waals surface area (Å²) in [5.41, 5.74) is 4.27. The number of hydrogen-bond donors (Lipinski definition) is 1. The maximum Gasteiger partial charge on any atom is 0.424 e. The van der Waals surface area contributed by atoms with Crippen LogP contribution in [-0.2, 0) is 32.5 Å². The van der Waals surface area contributed by atoms with Crippen LogP contribution in [-0.4, -0.2) is 49.4 Å². The van der Waals surface area contributed by atoms with Gasteiger partial charge in [0.05, 0.1) is 36.0 Å². The van der Waals surface area contributed by atoms with Crippen molar-refractivity contribution in [1.29, 1.82) is 0 Å². The molecule has 1 aliphatic rings. The van der Waals surface area contributed by atoms with Gasteiger partial charge in [0.25, 0.3) is 15.9 Å². The third kappa shape index (κ3) is 6.69. The predicted molar refractivity (Wildman–Crippen MR) is 158 cm³/mol. The minimum atomic E-state index is -4.67. The number of hydrazine groups is 1. The molecule has 1 atom stereocenters. The van der Waals surface area contributed by atoms with Gasteiger partial charge in [0.15, 0.2) is 0 Å². The van der Waals surface area contributed by atoms with Crippen molar-refractivity contribution in [2.24, 2.45) is 0 Å². The predicted octanol–water partition coefficient (Wildman–Crippen LogP) is 5.35. The van der Waals surface area contributed by atoms with E-state index in [0.29, 0.717) is 9.87 Å². The monoisotopic (exact) mass is 613 g/mol. The molecule has 3 aromatic carbocycles. The van der Waals surface area contributed by atoms with Crippen molar-refractivity contribution in [1.82, 2.24) is 9.73 Å². The largest absolute Gasteiger partial charge is 0.465 e. The van der Waals surface area contributed by atoms with Gasteiger partial charge in [0, 0.05) is 5.56 Å². The maximum absolute atomic E-state index is 14.0. The Morgan fingerprint density at radius 3 is 2.43 bits per heavy atom. The van der Waals surface area contributed by atoms with Crippen molar-refractivity contribution < 1.29 is 32.3 Å². The first-order valence-corrected chi connectivity index (χ1v) is 14.9. The van der Waals surface area contributed by atoms with Gasteiger partial charge in [-0.05, 0) is 81.6 Å². The zero-order valence-corrected chi connectivity index (χ0v) is 25.5. The number of amides is 2. The average Bonchev–Trinajstić information content (AvgIpc) is 3.24. The van der Waals surface area contributed by atoms with E-state index in [1.165, 1.54) is 37.4 Å². The van der Waals surface area contributed by atoms with Crippen LogP contribution in [0.2, 0.25) is 5.02 Å². The van der Waals surface area contributed by atoms with Crippen molar-refractivity contribution in [3.05, 3.63) is 94.0 Å². The molecule has 4 rings (SSSR count). The number of halogens is 1. The van der Waals surface area contributed by atoms with Gasteiger partial charge in [-0.1, -0.05) is 41.9 Å². The van der Waals surface area contributed by atoms with Gasteiger partial charge in [-0.2, -0.15) is 4.31 Å². The number of nitrogens with one attached hydrogen (secondary N) is 1. The lowest BCUT2D eigenvalue weighted by Crippen LogP contribution is -2.45. The Morgan fingerprint density at radius 2 is 1.74 bits per heavy atom. The summed E-state index contributed by atoms with van der Waals surface area (Å²) in [6.45, 7) is 6.29. The molecular weight excluding hydrogens is 582 g/mol. The van der Waals surface area contributed by atoms with E-state index in [-0.39, 0.29) is 22.2 Å². The van der Waals surface area contributed by atoms with E-state index >= 15 is 0 Å². The van der Waals surface area contributed by atoms with Crippen LogP contribution in [0.25, 0.3) is 0 Å². The number of carbonyl (C=O) groups is 3. The lowest BCUT2D eigenvalue weighted by Gasteiger charge is -2.28. The fourth-order valence-corrected chi connectivity index (χ4v) is 6.30. The molecule has 1 heterocycles. The SMILES string of the molecule is COC(=O)c1cccc(CN(C(=O)OC(C)(C)C)S(=O)(=O)c2cc(C(=O)NN3c4ccccc4CC3C)ccc2Cl)c1. The van der Waals surface area contributed by atoms with Gasteiger partial charge in [-0.3, -0.25) is 15.2 Å². The van der Waals surface area contributed by atoms with Gasteiger partial charge in [-0.15, -0.1) is 0 Å². The Kier molecular flexibility index (Phi) is 8.84. The molecule has 1 aliphatic heterocycles. The summed E-state index contributed by atoms with van der Waals surface area (Å²) in [5, 5.41) is 1.55. The first-order chi connectivity index (χ1) is 19.7. The molecule has 2 amide bonds. The lowest BCUT2D eigenvalue weighted by atomic mass is 10.1. The number of sulfonamides is 1. The van der Waals surface area contributed by atoms with E-state index in [0.717, 1.165) is 23.7 Å². The van der Waals surface area contributed by atoms with Crippen molar-refractivity contribution in [2.45, 2.75) is 57.2 Å². The summed E-state index contributed by atoms with van der Waals surface area (Å²) in [7, 11) is -3.44. The van der Waals surface area contributed by atoms with E-state index in [1.807, 2.05) is 31.2 Å². The number of rotatable bonds is 7. The number of esters is 1. The van der Waals surface area contributed by atoms with Crippen LogP contribution in [0.15, 0.2) is 71.6 Å². The highest BCUT2D eigenvalue weighted by atomic mass is 35.5. The van der Waals surface area contributed by atoms with E-state index in [9.17, 15) is 22.8 Å². The Bertz CT molecular complexity index is 1640. The smallest absolute Gasteiger partial charge is 0.424 e. The van der Waals surface area contributed by atoms with Gasteiger partial charge in [0.1, 0.15) is 10.5 Å². The molecule has 0 aromatic heterocycles. The average molecular weight is 614 g/mol. The van der Waals surface area contributed by atoms with Gasteiger partial charge in [-0.25, -0.2) is 18.0 Å². The Labute approximate surface area is 250 Å². The highest BCUT2D eigenvalue weighted by molar-refractivity contribution is 7.89. The minimum absolute atomic E-state index is 0.0198. The minimum Gasteiger partial charge on any atom is -0.465 e. The molecule has 42 heavy (non-hydrogen) atoms. The van der Waals surface area contributed by atoms with Crippen molar-refractivity contribution in [3.63, 3.8) is 0 Å². The Balaban J connectivity index is 1.69. The first kappa shape index (κ1) is 30.9. The van der Waals surface area contributed by atoms with Crippen LogP contribution in [0, 0.1) is 0 Å². The van der Waals surface area contributed by atoms with Gasteiger partial charge < -0.3 is 9.47 Å². The number of fused-ring (bicyclic) bond motifs is 1. The number of methoxy groups -OCH3 is 1. The topological polar surface area (TPSA) is 122 Å². The summed E-state index contributed by atoms with van der Waals surface area (Å²) >= 11 is 6.35. The molecule has 3 aromatic rings. The summed E-state index contributed by atoms with van der Waals surface area (Å²) in [6, 6.07) is 17.5. The highest BCUT2D eigenvalue weighted by Crippen LogP contribution is 2.31. The van der Waals surface area contributed by atoms with Crippen LogP contribution in [0.4, 0.5) is 10.5 Å². The molecule has 0 fully saturated rings.